The molecule has 4 aromatic carbocycles. The van der Waals surface area contributed by atoms with Crippen LogP contribution in [-0.2, 0) is 43.4 Å². The number of carbonyl (C=O) groups is 2. The van der Waals surface area contributed by atoms with Crippen molar-refractivity contribution in [1.29, 1.82) is 0 Å². The van der Waals surface area contributed by atoms with Gasteiger partial charge in [-0.25, -0.2) is 17.3 Å². The molecule has 4 bridgehead atoms. The van der Waals surface area contributed by atoms with Crippen LogP contribution in [0.15, 0.2) is 97.1 Å². The van der Waals surface area contributed by atoms with Gasteiger partial charge >= 0.3 is 0 Å². The molecule has 492 valence electrons. The Balaban J connectivity index is 0.000000209. The summed E-state index contributed by atoms with van der Waals surface area (Å²) in [6.07, 6.45) is 21.9. The van der Waals surface area contributed by atoms with E-state index in [4.69, 9.17) is 32.7 Å². The van der Waals surface area contributed by atoms with Crippen molar-refractivity contribution < 1.29 is 41.9 Å². The van der Waals surface area contributed by atoms with Gasteiger partial charge in [0, 0.05) is 74.3 Å². The molecule has 13 atom stereocenters. The Bertz CT molecular complexity index is 3340. The minimum absolute atomic E-state index is 0. The quantitative estimate of drug-likeness (QED) is 0.113. The fraction of sp³-hybridized carbons (Fsp3) is 0.575. The van der Waals surface area contributed by atoms with Crippen molar-refractivity contribution >= 4 is 72.0 Å². The first-order valence-electron chi connectivity index (χ1n) is 32.4. The van der Waals surface area contributed by atoms with E-state index in [1.165, 1.54) is 22.3 Å². The highest BCUT2D eigenvalue weighted by atomic mass is 35.5. The predicted octanol–water partition coefficient (Wildman–Crippen LogP) is 14.1. The van der Waals surface area contributed by atoms with E-state index in [-0.39, 0.29) is 72.7 Å². The topological polar surface area (TPSA) is 175 Å². The molecule has 90 heavy (non-hydrogen) atoms. The number of sulfonamides is 1. The smallest absolute Gasteiger partial charge is 0.264 e. The third kappa shape index (κ3) is 13.3. The minimum atomic E-state index is -3.92. The first-order valence-corrected chi connectivity index (χ1v) is 36.5. The molecule has 17 heteroatoms. The van der Waals surface area contributed by atoms with Gasteiger partial charge in [0.25, 0.3) is 11.8 Å². The molecule has 2 spiro atoms. The van der Waals surface area contributed by atoms with Gasteiger partial charge in [0.05, 0.1) is 52.8 Å². The van der Waals surface area contributed by atoms with Gasteiger partial charge in [-0.15, -0.1) is 0 Å². The van der Waals surface area contributed by atoms with Crippen LogP contribution in [-0.4, -0.2) is 104 Å². The molecule has 13 nitrogen and oxygen atoms in total. The molecule has 12 rings (SSSR count). The van der Waals surface area contributed by atoms with Crippen LogP contribution in [0.5, 0.6) is 11.5 Å². The summed E-state index contributed by atoms with van der Waals surface area (Å²) in [5, 5.41) is 22.1. The summed E-state index contributed by atoms with van der Waals surface area (Å²) in [7, 11) is -6.85. The number of aliphatic hydroxyl groups is 2. The number of ether oxygens (including phenoxy) is 2. The average molecular weight is 1310 g/mol. The van der Waals surface area contributed by atoms with Crippen LogP contribution < -0.4 is 28.7 Å². The second kappa shape index (κ2) is 27.5. The summed E-state index contributed by atoms with van der Waals surface area (Å²) in [4.78, 5) is 31.8. The lowest BCUT2D eigenvalue weighted by atomic mass is 9.58. The zero-order chi connectivity index (χ0) is 62.6. The largest absolute Gasteiger partial charge is 0.490 e. The van der Waals surface area contributed by atoms with E-state index in [2.05, 4.69) is 94.5 Å². The Morgan fingerprint density at radius 3 is 1.46 bits per heavy atom. The first-order chi connectivity index (χ1) is 42.0. The summed E-state index contributed by atoms with van der Waals surface area (Å²) < 4.78 is 58.7. The number of anilines is 2. The summed E-state index contributed by atoms with van der Waals surface area (Å²) in [6, 6.07) is 23.4. The first kappa shape index (κ1) is 69.3. The molecule has 4 N–H and O–H groups in total. The average Bonchev–Trinajstić information content (AvgIpc) is 1.49. The van der Waals surface area contributed by atoms with E-state index < -0.39 is 30.9 Å². The van der Waals surface area contributed by atoms with Crippen LogP contribution in [0.2, 0.25) is 10.0 Å². The standard InChI is InChI=1S/C36H47ClN2O4S.C35H45ClN2O5S.2CH4/c1-5-35(22-40)16-6-8-24(2)25(3)44(4,42)38-34(41)27-11-15-33-32(19-27)39(20-28-10-13-31(28)35)21-36(23-43-33)17-7-9-26-18-29(37)12-14-30(26)36;1-4-34(21-39)15-5-7-23(2)24(3)44(41,42)37-33(40)26-10-14-32-31(18-26)38(19-27-9-12-30(27)34)20-35(22-43-32)16-6-8-25-17-28(36)11-13-29(25)35;;/h6,11-12,14-16,18-19,24-25,28,31,40H,4-5,7-10,13,17,20-23H2,1-3H3,(H,38,41,42);5,10-11,13-15,17-18,23-24,27,30,39H,4,6-9,12,16,19-22H2,1-3H3,(H,37,40);2*1H4/b16-6+;15-5+;;/t24-,25+,28-,31+,35-,36-,44?;23-,24+,27-,30+,34+,35-;;/m00../s1. The number of hydrogen-bond acceptors (Lipinski definition) is 11. The molecule has 8 aliphatic rings. The van der Waals surface area contributed by atoms with E-state index in [0.29, 0.717) is 73.1 Å². The molecule has 1 unspecified atom stereocenters. The lowest BCUT2D eigenvalue weighted by Gasteiger charge is -2.50. The number of aryl methyl sites for hydroxylation is 2. The van der Waals surface area contributed by atoms with Crippen molar-refractivity contribution in [3.8, 4) is 11.5 Å². The summed E-state index contributed by atoms with van der Waals surface area (Å²) >= 11 is 12.9. The minimum Gasteiger partial charge on any atom is -0.490 e. The molecule has 2 amide bonds. The monoisotopic (exact) mass is 1310 g/mol. The number of rotatable bonds is 4. The number of benzene rings is 4. The number of nitrogens with zero attached hydrogens (tertiary/aromatic N) is 2. The Kier molecular flexibility index (Phi) is 21.2. The number of nitrogens with one attached hydrogen (secondary N) is 2. The van der Waals surface area contributed by atoms with E-state index in [1.807, 2.05) is 44.2 Å². The molecule has 4 aromatic rings. The Hall–Kier alpha value is -5.03. The maximum absolute atomic E-state index is 13.8. The van der Waals surface area contributed by atoms with Crippen molar-refractivity contribution in [2.75, 3.05) is 62.4 Å². The second-order valence-corrected chi connectivity index (χ2v) is 33.0. The molecule has 2 saturated carbocycles. The Labute approximate surface area is 548 Å². The van der Waals surface area contributed by atoms with Crippen molar-refractivity contribution in [3.63, 3.8) is 0 Å². The molecular formula is C73H100Cl2N4O9S2. The normalized spacial score (nSPS) is 34.3. The van der Waals surface area contributed by atoms with Gasteiger partial charge in [-0.2, -0.15) is 0 Å². The molecule has 0 saturated heterocycles. The van der Waals surface area contributed by atoms with Crippen LogP contribution in [0.1, 0.15) is 176 Å². The molecule has 2 fully saturated rings. The van der Waals surface area contributed by atoms with Crippen LogP contribution in [0.3, 0.4) is 0 Å². The van der Waals surface area contributed by atoms with Crippen LogP contribution >= 0.6 is 23.2 Å². The van der Waals surface area contributed by atoms with Crippen molar-refractivity contribution in [1.82, 2.24) is 9.44 Å². The molecule has 0 radical (unpaired) electrons. The molecule has 4 aliphatic heterocycles. The Morgan fingerprint density at radius 1 is 0.611 bits per heavy atom. The number of amides is 2. The maximum Gasteiger partial charge on any atom is 0.264 e. The summed E-state index contributed by atoms with van der Waals surface area (Å²) in [5.74, 6) is 5.66. The highest BCUT2D eigenvalue weighted by molar-refractivity contribution is 7.99. The maximum atomic E-state index is 13.8. The number of halogens is 2. The second-order valence-electron chi connectivity index (χ2n) is 27.7. The van der Waals surface area contributed by atoms with Gasteiger partial charge in [-0.1, -0.05) is 102 Å². The van der Waals surface area contributed by atoms with E-state index >= 15 is 0 Å². The fourth-order valence-corrected chi connectivity index (χ4v) is 19.6. The number of fused-ring (bicyclic) bond motifs is 8. The third-order valence-electron chi connectivity index (χ3n) is 22.8. The number of hydrogen-bond donors (Lipinski definition) is 4. The summed E-state index contributed by atoms with van der Waals surface area (Å²) in [5.41, 5.74) is 6.44. The van der Waals surface area contributed by atoms with Crippen LogP contribution in [0, 0.1) is 46.3 Å². The van der Waals surface area contributed by atoms with Gasteiger partial charge in [-0.05, 0) is 228 Å². The van der Waals surface area contributed by atoms with Gasteiger partial charge in [-0.3, -0.25) is 14.3 Å². The Morgan fingerprint density at radius 2 is 1.04 bits per heavy atom. The van der Waals surface area contributed by atoms with Crippen molar-refractivity contribution in [2.45, 2.75) is 168 Å². The molecule has 0 aromatic heterocycles. The zero-order valence-corrected chi connectivity index (χ0v) is 55.5. The van der Waals surface area contributed by atoms with Crippen molar-refractivity contribution in [2.24, 2.45) is 46.3 Å². The predicted molar refractivity (Wildman–Crippen MR) is 370 cm³/mol. The third-order valence-corrected chi connectivity index (χ3v) is 27.4. The molecular weight excluding hydrogens is 1210 g/mol. The van der Waals surface area contributed by atoms with Gasteiger partial charge in [0.15, 0.2) is 0 Å². The lowest BCUT2D eigenvalue weighted by Crippen LogP contribution is -2.51. The van der Waals surface area contributed by atoms with Gasteiger partial charge in [0.2, 0.25) is 10.0 Å². The van der Waals surface area contributed by atoms with Gasteiger partial charge < -0.3 is 29.5 Å². The highest BCUT2D eigenvalue weighted by Gasteiger charge is 2.50. The number of allylic oxidation sites excluding steroid dienone is 2. The van der Waals surface area contributed by atoms with Crippen molar-refractivity contribution in [3.05, 3.63) is 141 Å². The van der Waals surface area contributed by atoms with E-state index in [9.17, 15) is 32.4 Å². The SMILES string of the molecule is C.C.C=S1(=O)NC(=O)c2ccc3c(c2)N(C[C@@H]2CC[C@H]2[C@](CC)(CO)/C=C/C[C@H](C)[C@H]1C)C[C@@]1(CCCc2cc(Cl)ccc21)CO3.CC[C@]1(CO)/C=C/C[C@H](C)[C@@H](C)S(=O)(=O)NC(=O)c2ccc3c(c2)N(C[C@@H]2CC[C@H]21)C[C@@]1(CCCc2cc(Cl)ccc21)CO3. The molecule has 4 heterocycles. The lowest BCUT2D eigenvalue weighted by molar-refractivity contribution is 0.00784. The number of carbonyl (C=O) groups excluding carboxylic acids is 2. The fourth-order valence-electron chi connectivity index (χ4n) is 16.4. The van der Waals surface area contributed by atoms with Crippen LogP contribution in [0.4, 0.5) is 11.4 Å². The zero-order valence-electron chi connectivity index (χ0n) is 52.3. The van der Waals surface area contributed by atoms with Crippen LogP contribution in [0.25, 0.3) is 0 Å². The highest BCUT2D eigenvalue weighted by Crippen LogP contribution is 2.54. The van der Waals surface area contributed by atoms with Gasteiger partial charge in [0.1, 0.15) is 11.5 Å². The number of aliphatic hydroxyl groups excluding tert-OH is 2. The summed E-state index contributed by atoms with van der Waals surface area (Å²) in [6.45, 7) is 16.1. The molecule has 4 aliphatic carbocycles. The van der Waals surface area contributed by atoms with E-state index in [0.717, 1.165) is 124 Å². The van der Waals surface area contributed by atoms with E-state index in [1.54, 1.807) is 25.1 Å².